The lowest BCUT2D eigenvalue weighted by atomic mass is 9.84. The van der Waals surface area contributed by atoms with Crippen LogP contribution in [0, 0.1) is 12.7 Å². The summed E-state index contributed by atoms with van der Waals surface area (Å²) in [5, 5.41) is 0. The Balaban J connectivity index is 2.11. The molecule has 0 aromatic heterocycles. The van der Waals surface area contributed by atoms with E-state index in [2.05, 4.69) is 60.4 Å². The second-order valence-electron chi connectivity index (χ2n) is 6.35. The molecule has 0 bridgehead atoms. The lowest BCUT2D eigenvalue weighted by Gasteiger charge is -2.21. The summed E-state index contributed by atoms with van der Waals surface area (Å²) in [4.78, 5) is 2.06. The molecule has 24 heavy (non-hydrogen) atoms. The first-order valence-corrected chi connectivity index (χ1v) is 8.14. The van der Waals surface area contributed by atoms with Crippen molar-refractivity contribution in [1.29, 1.82) is 0 Å². The standard InChI is InChI=1S/C22H22FN/c1-16-8-10-17(11-9-16)22(20-6-4-5-7-21(20)23)18-12-14-19(15-13-18)24(2)3/h4-15,22H,1-3H3. The number of aryl methyl sites for hydroxylation is 1. The minimum absolute atomic E-state index is 0.108. The Morgan fingerprint density at radius 1 is 0.750 bits per heavy atom. The predicted octanol–water partition coefficient (Wildman–Crippen LogP) is 5.38. The summed E-state index contributed by atoms with van der Waals surface area (Å²) in [5.41, 5.74) is 5.24. The highest BCUT2D eigenvalue weighted by molar-refractivity contribution is 5.51. The molecule has 0 N–H and O–H groups in total. The van der Waals surface area contributed by atoms with Gasteiger partial charge in [0.25, 0.3) is 0 Å². The molecule has 0 saturated carbocycles. The second-order valence-corrected chi connectivity index (χ2v) is 6.35. The van der Waals surface area contributed by atoms with Crippen LogP contribution in [0.1, 0.15) is 28.2 Å². The highest BCUT2D eigenvalue weighted by Gasteiger charge is 2.20. The van der Waals surface area contributed by atoms with E-state index < -0.39 is 0 Å². The molecular weight excluding hydrogens is 297 g/mol. The predicted molar refractivity (Wildman–Crippen MR) is 99.3 cm³/mol. The fraction of sp³-hybridized carbons (Fsp3) is 0.182. The molecule has 0 fully saturated rings. The first kappa shape index (κ1) is 16.3. The number of hydrogen-bond acceptors (Lipinski definition) is 1. The maximum Gasteiger partial charge on any atom is 0.127 e. The molecule has 1 nitrogen and oxygen atoms in total. The SMILES string of the molecule is Cc1ccc(C(c2ccc(N(C)C)cc2)c2ccccc2F)cc1. The quantitative estimate of drug-likeness (QED) is 0.584. The largest absolute Gasteiger partial charge is 0.378 e. The van der Waals surface area contributed by atoms with Crippen LogP contribution in [0.4, 0.5) is 10.1 Å². The van der Waals surface area contributed by atoms with Crippen LogP contribution in [-0.2, 0) is 0 Å². The summed E-state index contributed by atoms with van der Waals surface area (Å²) in [6, 6.07) is 23.7. The van der Waals surface area contributed by atoms with E-state index in [-0.39, 0.29) is 11.7 Å². The van der Waals surface area contributed by atoms with Gasteiger partial charge in [-0.1, -0.05) is 60.2 Å². The average Bonchev–Trinajstić information content (AvgIpc) is 2.59. The molecule has 3 aromatic rings. The summed E-state index contributed by atoms with van der Waals surface area (Å²) in [6.07, 6.45) is 0. The van der Waals surface area contributed by atoms with Crippen molar-refractivity contribution >= 4 is 5.69 Å². The molecule has 1 atom stereocenters. The third kappa shape index (κ3) is 3.33. The molecule has 0 aliphatic heterocycles. The zero-order valence-electron chi connectivity index (χ0n) is 14.3. The molecule has 122 valence electrons. The van der Waals surface area contributed by atoms with E-state index in [4.69, 9.17) is 0 Å². The van der Waals surface area contributed by atoms with Crippen molar-refractivity contribution < 1.29 is 4.39 Å². The van der Waals surface area contributed by atoms with Crippen molar-refractivity contribution in [2.75, 3.05) is 19.0 Å². The van der Waals surface area contributed by atoms with Gasteiger partial charge in [0.15, 0.2) is 0 Å². The molecule has 0 aliphatic carbocycles. The van der Waals surface area contributed by atoms with Gasteiger partial charge in [-0.15, -0.1) is 0 Å². The Kier molecular flexibility index (Phi) is 4.66. The molecule has 3 aromatic carbocycles. The van der Waals surface area contributed by atoms with E-state index in [1.165, 1.54) is 11.6 Å². The van der Waals surface area contributed by atoms with Crippen molar-refractivity contribution in [3.63, 3.8) is 0 Å². The van der Waals surface area contributed by atoms with Gasteiger partial charge in [0.05, 0.1) is 0 Å². The molecule has 0 saturated heterocycles. The number of rotatable bonds is 4. The highest BCUT2D eigenvalue weighted by Crippen LogP contribution is 2.34. The van der Waals surface area contributed by atoms with Gasteiger partial charge < -0.3 is 4.90 Å². The zero-order valence-corrected chi connectivity index (χ0v) is 14.3. The Labute approximate surface area is 143 Å². The number of halogens is 1. The molecule has 0 aliphatic rings. The van der Waals surface area contributed by atoms with Crippen LogP contribution in [0.25, 0.3) is 0 Å². The summed E-state index contributed by atoms with van der Waals surface area (Å²) in [6.45, 7) is 2.06. The van der Waals surface area contributed by atoms with E-state index in [0.29, 0.717) is 5.56 Å². The third-order valence-corrected chi connectivity index (χ3v) is 4.37. The number of anilines is 1. The fourth-order valence-corrected chi connectivity index (χ4v) is 2.98. The Morgan fingerprint density at radius 2 is 1.29 bits per heavy atom. The lowest BCUT2D eigenvalue weighted by molar-refractivity contribution is 0.606. The van der Waals surface area contributed by atoms with Gasteiger partial charge in [0, 0.05) is 25.7 Å². The smallest absolute Gasteiger partial charge is 0.127 e. The van der Waals surface area contributed by atoms with E-state index in [0.717, 1.165) is 16.8 Å². The summed E-state index contributed by atoms with van der Waals surface area (Å²) >= 11 is 0. The normalized spacial score (nSPS) is 12.0. The summed E-state index contributed by atoms with van der Waals surface area (Å²) in [7, 11) is 4.03. The zero-order chi connectivity index (χ0) is 17.1. The van der Waals surface area contributed by atoms with E-state index in [1.54, 1.807) is 6.07 Å². The van der Waals surface area contributed by atoms with Gasteiger partial charge in [0.1, 0.15) is 5.82 Å². The molecule has 0 heterocycles. The van der Waals surface area contributed by atoms with Gasteiger partial charge in [-0.25, -0.2) is 4.39 Å². The average molecular weight is 319 g/mol. The Bertz CT molecular complexity index is 804. The minimum atomic E-state index is -0.167. The van der Waals surface area contributed by atoms with E-state index >= 15 is 0 Å². The van der Waals surface area contributed by atoms with Gasteiger partial charge in [-0.05, 0) is 41.8 Å². The molecule has 2 heteroatoms. The van der Waals surface area contributed by atoms with Gasteiger partial charge >= 0.3 is 0 Å². The van der Waals surface area contributed by atoms with Crippen LogP contribution >= 0.6 is 0 Å². The number of nitrogens with zero attached hydrogens (tertiary/aromatic N) is 1. The molecular formula is C22H22FN. The van der Waals surface area contributed by atoms with Crippen molar-refractivity contribution in [2.45, 2.75) is 12.8 Å². The van der Waals surface area contributed by atoms with Crippen LogP contribution in [-0.4, -0.2) is 14.1 Å². The van der Waals surface area contributed by atoms with Gasteiger partial charge in [-0.2, -0.15) is 0 Å². The molecule has 3 rings (SSSR count). The third-order valence-electron chi connectivity index (χ3n) is 4.37. The molecule has 0 radical (unpaired) electrons. The summed E-state index contributed by atoms with van der Waals surface area (Å²) < 4.78 is 14.5. The summed E-state index contributed by atoms with van der Waals surface area (Å²) in [5.74, 6) is -0.275. The van der Waals surface area contributed by atoms with Gasteiger partial charge in [0.2, 0.25) is 0 Å². The number of hydrogen-bond donors (Lipinski definition) is 0. The molecule has 0 spiro atoms. The van der Waals surface area contributed by atoms with Crippen molar-refractivity contribution in [1.82, 2.24) is 0 Å². The van der Waals surface area contributed by atoms with Crippen LogP contribution in [0.3, 0.4) is 0 Å². The lowest BCUT2D eigenvalue weighted by Crippen LogP contribution is -2.09. The van der Waals surface area contributed by atoms with Crippen molar-refractivity contribution in [3.05, 3.63) is 101 Å². The maximum atomic E-state index is 14.5. The molecule has 1 unspecified atom stereocenters. The van der Waals surface area contributed by atoms with Gasteiger partial charge in [-0.3, -0.25) is 0 Å². The topological polar surface area (TPSA) is 3.24 Å². The molecule has 0 amide bonds. The maximum absolute atomic E-state index is 14.5. The van der Waals surface area contributed by atoms with Crippen molar-refractivity contribution in [2.24, 2.45) is 0 Å². The Morgan fingerprint density at radius 3 is 1.83 bits per heavy atom. The van der Waals surface area contributed by atoms with Crippen molar-refractivity contribution in [3.8, 4) is 0 Å². The first-order valence-electron chi connectivity index (χ1n) is 8.14. The Hall–Kier alpha value is -2.61. The monoisotopic (exact) mass is 319 g/mol. The van der Waals surface area contributed by atoms with E-state index in [9.17, 15) is 4.39 Å². The van der Waals surface area contributed by atoms with Crippen LogP contribution in [0.15, 0.2) is 72.8 Å². The minimum Gasteiger partial charge on any atom is -0.378 e. The van der Waals surface area contributed by atoms with E-state index in [1.807, 2.05) is 26.2 Å². The number of benzene rings is 3. The fourth-order valence-electron chi connectivity index (χ4n) is 2.98. The van der Waals surface area contributed by atoms with Crippen LogP contribution in [0.5, 0.6) is 0 Å². The van der Waals surface area contributed by atoms with Crippen LogP contribution < -0.4 is 4.90 Å². The van der Waals surface area contributed by atoms with Crippen LogP contribution in [0.2, 0.25) is 0 Å². The highest BCUT2D eigenvalue weighted by atomic mass is 19.1. The second kappa shape index (κ2) is 6.88. The first-order chi connectivity index (χ1) is 11.6.